The zero-order valence-electron chi connectivity index (χ0n) is 17.7. The van der Waals surface area contributed by atoms with Gasteiger partial charge in [-0.1, -0.05) is 43.2 Å². The minimum atomic E-state index is 0.153. The van der Waals surface area contributed by atoms with Crippen molar-refractivity contribution in [2.45, 2.75) is 58.8 Å². The van der Waals surface area contributed by atoms with Crippen molar-refractivity contribution in [2.75, 3.05) is 0 Å². The highest BCUT2D eigenvalue weighted by atomic mass is 16.1. The third kappa shape index (κ3) is 2.47. The summed E-state index contributed by atoms with van der Waals surface area (Å²) in [6.07, 6.45) is 19.1. The fraction of sp³-hybridized carbons (Fsp3) is 0.556. The maximum absolute atomic E-state index is 12.3. The maximum Gasteiger partial charge on any atom is 0.155 e. The molecule has 6 rings (SSSR count). The second kappa shape index (κ2) is 6.03. The Morgan fingerprint density at radius 1 is 1.03 bits per heavy atom. The first-order valence-corrected chi connectivity index (χ1v) is 11.6. The van der Waals surface area contributed by atoms with Crippen LogP contribution in [0.15, 0.2) is 53.9 Å². The highest BCUT2D eigenvalue weighted by molar-refractivity contribution is 5.92. The fourth-order valence-corrected chi connectivity index (χ4v) is 7.57. The van der Waals surface area contributed by atoms with Crippen molar-refractivity contribution in [3.8, 4) is 0 Å². The van der Waals surface area contributed by atoms with Crippen molar-refractivity contribution in [3.63, 3.8) is 0 Å². The van der Waals surface area contributed by atoms with E-state index in [0.717, 1.165) is 18.8 Å². The van der Waals surface area contributed by atoms with Crippen LogP contribution >= 0.6 is 0 Å². The Hall–Kier alpha value is -1.96. The first-order chi connectivity index (χ1) is 14.0. The van der Waals surface area contributed by atoms with Gasteiger partial charge in [0.25, 0.3) is 0 Å². The van der Waals surface area contributed by atoms with Gasteiger partial charge in [0.1, 0.15) is 0 Å². The molecule has 5 atom stereocenters. The van der Waals surface area contributed by atoms with E-state index in [1.54, 1.807) is 11.1 Å². The summed E-state index contributed by atoms with van der Waals surface area (Å²) in [6.45, 7) is 4.98. The summed E-state index contributed by atoms with van der Waals surface area (Å²) in [7, 11) is 0. The van der Waals surface area contributed by atoms with E-state index in [4.69, 9.17) is 0 Å². The highest BCUT2D eigenvalue weighted by Gasteiger charge is 2.58. The van der Waals surface area contributed by atoms with Crippen LogP contribution in [0.25, 0.3) is 5.57 Å². The van der Waals surface area contributed by atoms with E-state index in [1.807, 2.05) is 12.4 Å². The summed E-state index contributed by atoms with van der Waals surface area (Å²) in [4.78, 5) is 16.7. The molecule has 3 fully saturated rings. The Labute approximate surface area is 174 Å². The molecule has 1 aromatic heterocycles. The summed E-state index contributed by atoms with van der Waals surface area (Å²) in [5.41, 5.74) is 6.34. The van der Waals surface area contributed by atoms with Gasteiger partial charge < -0.3 is 0 Å². The molecular weight excluding hydrogens is 354 g/mol. The Morgan fingerprint density at radius 3 is 2.66 bits per heavy atom. The number of carbonyl (C=O) groups is 1. The molecule has 1 aromatic rings. The predicted molar refractivity (Wildman–Crippen MR) is 116 cm³/mol. The molecule has 29 heavy (non-hydrogen) atoms. The molecule has 1 heterocycles. The lowest BCUT2D eigenvalue weighted by atomic mass is 9.46. The van der Waals surface area contributed by atoms with Gasteiger partial charge in [-0.25, -0.2) is 0 Å². The average Bonchev–Trinajstić information content (AvgIpc) is 3.50. The molecule has 0 aromatic carbocycles. The Bertz CT molecular complexity index is 966. The van der Waals surface area contributed by atoms with Crippen LogP contribution in [0.5, 0.6) is 0 Å². The third-order valence-electron chi connectivity index (χ3n) is 9.26. The van der Waals surface area contributed by atoms with E-state index in [1.165, 1.54) is 43.2 Å². The van der Waals surface area contributed by atoms with Crippen molar-refractivity contribution in [1.29, 1.82) is 0 Å². The van der Waals surface area contributed by atoms with Crippen molar-refractivity contribution < 1.29 is 4.79 Å². The van der Waals surface area contributed by atoms with Crippen LogP contribution in [0, 0.1) is 34.5 Å². The molecule has 0 N–H and O–H groups in total. The van der Waals surface area contributed by atoms with Crippen LogP contribution in [-0.4, -0.2) is 10.8 Å². The van der Waals surface area contributed by atoms with Crippen LogP contribution in [0.4, 0.5) is 0 Å². The number of carbonyl (C=O) groups excluding carboxylic acids is 1. The van der Waals surface area contributed by atoms with Gasteiger partial charge in [0.05, 0.1) is 0 Å². The van der Waals surface area contributed by atoms with Gasteiger partial charge in [-0.2, -0.15) is 0 Å². The molecular formula is C27H31NO. The van der Waals surface area contributed by atoms with Crippen molar-refractivity contribution >= 4 is 11.4 Å². The average molecular weight is 386 g/mol. The molecule has 0 spiro atoms. The van der Waals surface area contributed by atoms with Crippen LogP contribution in [0.2, 0.25) is 0 Å². The van der Waals surface area contributed by atoms with Gasteiger partial charge >= 0.3 is 0 Å². The van der Waals surface area contributed by atoms with E-state index in [0.29, 0.717) is 23.5 Å². The lowest BCUT2D eigenvalue weighted by molar-refractivity contribution is -0.116. The van der Waals surface area contributed by atoms with Crippen molar-refractivity contribution in [1.82, 2.24) is 4.98 Å². The normalized spacial score (nSPS) is 41.0. The monoisotopic (exact) mass is 385 g/mol. The number of aromatic nitrogens is 1. The number of rotatable bonds is 2. The van der Waals surface area contributed by atoms with Crippen molar-refractivity contribution in [3.05, 3.63) is 59.5 Å². The smallest absolute Gasteiger partial charge is 0.155 e. The lowest BCUT2D eigenvalue weighted by Gasteiger charge is -2.58. The number of fused-ring (bicyclic) bond motifs is 5. The molecule has 5 aliphatic rings. The van der Waals surface area contributed by atoms with Crippen LogP contribution < -0.4 is 0 Å². The van der Waals surface area contributed by atoms with Crippen LogP contribution in [0.3, 0.4) is 0 Å². The summed E-state index contributed by atoms with van der Waals surface area (Å²) >= 11 is 0. The number of hydrogen-bond donors (Lipinski definition) is 0. The minimum Gasteiger partial charge on any atom is -0.295 e. The molecule has 3 saturated carbocycles. The van der Waals surface area contributed by atoms with Crippen LogP contribution in [0.1, 0.15) is 64.4 Å². The van der Waals surface area contributed by atoms with Gasteiger partial charge in [-0.15, -0.1) is 0 Å². The van der Waals surface area contributed by atoms with E-state index >= 15 is 0 Å². The topological polar surface area (TPSA) is 30.0 Å². The second-order valence-corrected chi connectivity index (χ2v) is 10.7. The van der Waals surface area contributed by atoms with Crippen LogP contribution in [-0.2, 0) is 4.79 Å². The molecule has 5 aliphatic carbocycles. The van der Waals surface area contributed by atoms with Gasteiger partial charge in [0.2, 0.25) is 0 Å². The maximum atomic E-state index is 12.3. The number of pyridine rings is 1. The number of allylic oxidation sites excluding steroid dienone is 6. The molecule has 0 radical (unpaired) electrons. The fourth-order valence-electron chi connectivity index (χ4n) is 7.57. The Kier molecular flexibility index (Phi) is 3.71. The first kappa shape index (κ1) is 17.9. The Balaban J connectivity index is 1.40. The van der Waals surface area contributed by atoms with Gasteiger partial charge in [-0.05, 0) is 90.9 Å². The zero-order chi connectivity index (χ0) is 19.8. The van der Waals surface area contributed by atoms with E-state index in [9.17, 15) is 4.79 Å². The second-order valence-electron chi connectivity index (χ2n) is 10.7. The standard InChI is InChI=1S/C27H31NO/c1-26-12-10-24-21(23(26)8-7-22(26)18-4-3-13-28-16-18)15-20(17-5-6-17)25-14-19(29)9-11-27(24,25)2/h3-4,7-8,13-14,16-17,20-21,24H,5-6,9-12,15H2,1-2H3/t20?,21?,24?,26-,27-/m1/s1. The van der Waals surface area contributed by atoms with E-state index in [-0.39, 0.29) is 10.8 Å². The molecule has 0 saturated heterocycles. The third-order valence-corrected chi connectivity index (χ3v) is 9.26. The highest BCUT2D eigenvalue weighted by Crippen LogP contribution is 2.68. The molecule has 3 unspecified atom stereocenters. The van der Waals surface area contributed by atoms with Gasteiger partial charge in [0.15, 0.2) is 5.78 Å². The summed E-state index contributed by atoms with van der Waals surface area (Å²) in [5.74, 6) is 3.20. The summed E-state index contributed by atoms with van der Waals surface area (Å²) < 4.78 is 0. The largest absolute Gasteiger partial charge is 0.295 e. The molecule has 0 amide bonds. The molecule has 0 aliphatic heterocycles. The predicted octanol–water partition coefficient (Wildman–Crippen LogP) is 6.16. The molecule has 2 heteroatoms. The molecule has 0 bridgehead atoms. The number of ketones is 1. The number of nitrogens with zero attached hydrogens (tertiary/aromatic N) is 1. The van der Waals surface area contributed by atoms with Crippen molar-refractivity contribution in [2.24, 2.45) is 34.5 Å². The molecule has 150 valence electrons. The minimum absolute atomic E-state index is 0.153. The molecule has 2 nitrogen and oxygen atoms in total. The first-order valence-electron chi connectivity index (χ1n) is 11.6. The van der Waals surface area contributed by atoms with E-state index < -0.39 is 0 Å². The van der Waals surface area contributed by atoms with Gasteiger partial charge in [-0.3, -0.25) is 9.78 Å². The number of hydrogen-bond acceptors (Lipinski definition) is 2. The quantitative estimate of drug-likeness (QED) is 0.610. The summed E-state index contributed by atoms with van der Waals surface area (Å²) in [5, 5.41) is 0. The zero-order valence-corrected chi connectivity index (χ0v) is 17.7. The lowest BCUT2D eigenvalue weighted by Crippen LogP contribution is -2.50. The SMILES string of the molecule is C[C@]12CCC3C(CC(C4CC4)C4=CC(=O)CC[C@@]43C)C1=CC=C2c1cccnc1. The van der Waals surface area contributed by atoms with E-state index in [2.05, 4.69) is 49.2 Å². The summed E-state index contributed by atoms with van der Waals surface area (Å²) in [6, 6.07) is 4.28. The van der Waals surface area contributed by atoms with Gasteiger partial charge in [0, 0.05) is 24.2 Å². The Morgan fingerprint density at radius 2 is 1.90 bits per heavy atom.